The topological polar surface area (TPSA) is 82.7 Å². The van der Waals surface area contributed by atoms with Gasteiger partial charge in [0.25, 0.3) is 5.91 Å². The Kier molecular flexibility index (Phi) is 4.29. The summed E-state index contributed by atoms with van der Waals surface area (Å²) in [5.74, 6) is 0.794. The molecule has 0 saturated carbocycles. The molecular weight excluding hydrogens is 310 g/mol. The number of H-pyrrole nitrogens is 1. The maximum absolute atomic E-state index is 12.3. The van der Waals surface area contributed by atoms with Gasteiger partial charge in [0.1, 0.15) is 10.7 Å². The molecule has 2 aromatic heterocycles. The van der Waals surface area contributed by atoms with Gasteiger partial charge in [0.2, 0.25) is 0 Å². The number of aryl methyl sites for hydroxylation is 2. The monoisotopic (exact) mass is 329 g/mol. The summed E-state index contributed by atoms with van der Waals surface area (Å²) < 4.78 is 0. The SMILES string of the molecule is CCNc1nc(C)c(C(=O)NCc2ccc3nc(C)[nH]c3c2)s1. The highest BCUT2D eigenvalue weighted by atomic mass is 32.1. The molecule has 120 valence electrons. The Morgan fingerprint density at radius 2 is 2.13 bits per heavy atom. The van der Waals surface area contributed by atoms with Gasteiger partial charge in [0.05, 0.1) is 16.7 Å². The number of imidazole rings is 1. The van der Waals surface area contributed by atoms with E-state index in [0.29, 0.717) is 11.4 Å². The Morgan fingerprint density at radius 3 is 2.91 bits per heavy atom. The number of carbonyl (C=O) groups excluding carboxylic acids is 1. The second-order valence-corrected chi connectivity index (χ2v) is 6.32. The van der Waals surface area contributed by atoms with Gasteiger partial charge in [0.15, 0.2) is 5.13 Å². The van der Waals surface area contributed by atoms with E-state index in [1.54, 1.807) is 0 Å². The molecule has 23 heavy (non-hydrogen) atoms. The Balaban J connectivity index is 1.69. The van der Waals surface area contributed by atoms with E-state index in [1.807, 2.05) is 39.0 Å². The number of benzene rings is 1. The van der Waals surface area contributed by atoms with E-state index < -0.39 is 0 Å². The van der Waals surface area contributed by atoms with Crippen molar-refractivity contribution in [2.45, 2.75) is 27.3 Å². The van der Waals surface area contributed by atoms with Crippen molar-refractivity contribution in [3.05, 3.63) is 40.2 Å². The third-order valence-corrected chi connectivity index (χ3v) is 4.56. The summed E-state index contributed by atoms with van der Waals surface area (Å²) in [7, 11) is 0. The molecule has 0 aliphatic carbocycles. The summed E-state index contributed by atoms with van der Waals surface area (Å²) >= 11 is 1.38. The first-order valence-corrected chi connectivity index (χ1v) is 8.33. The lowest BCUT2D eigenvalue weighted by molar-refractivity contribution is 0.0954. The first kappa shape index (κ1) is 15.5. The first-order chi connectivity index (χ1) is 11.1. The molecule has 0 bridgehead atoms. The fraction of sp³-hybridized carbons (Fsp3) is 0.312. The maximum Gasteiger partial charge on any atom is 0.263 e. The van der Waals surface area contributed by atoms with E-state index in [0.717, 1.165) is 39.8 Å². The number of amides is 1. The summed E-state index contributed by atoms with van der Waals surface area (Å²) in [4.78, 5) is 24.9. The van der Waals surface area contributed by atoms with Gasteiger partial charge in [0, 0.05) is 13.1 Å². The maximum atomic E-state index is 12.3. The van der Waals surface area contributed by atoms with Gasteiger partial charge in [-0.3, -0.25) is 4.79 Å². The summed E-state index contributed by atoms with van der Waals surface area (Å²) in [6.07, 6.45) is 0. The van der Waals surface area contributed by atoms with Crippen LogP contribution in [0.15, 0.2) is 18.2 Å². The number of nitrogens with zero attached hydrogens (tertiary/aromatic N) is 2. The fourth-order valence-electron chi connectivity index (χ4n) is 2.39. The lowest BCUT2D eigenvalue weighted by Crippen LogP contribution is -2.22. The van der Waals surface area contributed by atoms with Crippen molar-refractivity contribution in [3.63, 3.8) is 0 Å². The van der Waals surface area contributed by atoms with Crippen molar-refractivity contribution in [2.24, 2.45) is 0 Å². The van der Waals surface area contributed by atoms with Gasteiger partial charge in [-0.05, 0) is 38.5 Å². The number of anilines is 1. The number of hydrogen-bond acceptors (Lipinski definition) is 5. The molecule has 0 saturated heterocycles. The molecule has 3 N–H and O–H groups in total. The van der Waals surface area contributed by atoms with Crippen molar-refractivity contribution in [3.8, 4) is 0 Å². The number of carbonyl (C=O) groups is 1. The van der Waals surface area contributed by atoms with E-state index in [1.165, 1.54) is 11.3 Å². The molecule has 0 aliphatic rings. The Bertz CT molecular complexity index is 851. The van der Waals surface area contributed by atoms with Crippen LogP contribution < -0.4 is 10.6 Å². The first-order valence-electron chi connectivity index (χ1n) is 7.51. The average Bonchev–Trinajstić information content (AvgIpc) is 3.06. The second kappa shape index (κ2) is 6.37. The molecule has 0 atom stereocenters. The van der Waals surface area contributed by atoms with Crippen LogP contribution in [0.3, 0.4) is 0 Å². The highest BCUT2D eigenvalue weighted by Crippen LogP contribution is 2.22. The Labute approximate surface area is 138 Å². The van der Waals surface area contributed by atoms with E-state index in [-0.39, 0.29) is 5.91 Å². The zero-order valence-corrected chi connectivity index (χ0v) is 14.2. The zero-order valence-electron chi connectivity index (χ0n) is 13.4. The van der Waals surface area contributed by atoms with Crippen molar-refractivity contribution < 1.29 is 4.79 Å². The van der Waals surface area contributed by atoms with Gasteiger partial charge in [-0.25, -0.2) is 9.97 Å². The smallest absolute Gasteiger partial charge is 0.263 e. The van der Waals surface area contributed by atoms with Gasteiger partial charge in [-0.1, -0.05) is 17.4 Å². The zero-order chi connectivity index (χ0) is 16.4. The Hall–Kier alpha value is -2.41. The molecule has 3 aromatic rings. The molecule has 0 aliphatic heterocycles. The van der Waals surface area contributed by atoms with Crippen LogP contribution in [0.5, 0.6) is 0 Å². The number of rotatable bonds is 5. The van der Waals surface area contributed by atoms with Crippen LogP contribution in [0, 0.1) is 13.8 Å². The molecule has 0 radical (unpaired) electrons. The number of thiazole rings is 1. The minimum Gasteiger partial charge on any atom is -0.362 e. The fourth-order valence-corrected chi connectivity index (χ4v) is 3.34. The van der Waals surface area contributed by atoms with Gasteiger partial charge < -0.3 is 15.6 Å². The second-order valence-electron chi connectivity index (χ2n) is 5.32. The largest absolute Gasteiger partial charge is 0.362 e. The molecule has 1 aromatic carbocycles. The van der Waals surface area contributed by atoms with Gasteiger partial charge >= 0.3 is 0 Å². The number of hydrogen-bond donors (Lipinski definition) is 3. The quantitative estimate of drug-likeness (QED) is 0.672. The average molecular weight is 329 g/mol. The minimum atomic E-state index is -0.0926. The summed E-state index contributed by atoms with van der Waals surface area (Å²) in [5.41, 5.74) is 3.70. The van der Waals surface area contributed by atoms with E-state index in [4.69, 9.17) is 0 Å². The number of fused-ring (bicyclic) bond motifs is 1. The number of aromatic amines is 1. The minimum absolute atomic E-state index is 0.0926. The van der Waals surface area contributed by atoms with Gasteiger partial charge in [-0.2, -0.15) is 0 Å². The van der Waals surface area contributed by atoms with E-state index in [9.17, 15) is 4.79 Å². The third-order valence-electron chi connectivity index (χ3n) is 3.45. The molecular formula is C16H19N5OS. The molecule has 2 heterocycles. The standard InChI is InChI=1S/C16H19N5OS/c1-4-17-16-19-9(2)14(23-16)15(22)18-8-11-5-6-12-13(7-11)21-10(3)20-12/h5-7H,4,8H2,1-3H3,(H,17,19)(H,18,22)(H,20,21). The van der Waals surface area contributed by atoms with Crippen LogP contribution >= 0.6 is 11.3 Å². The number of aromatic nitrogens is 3. The molecule has 0 unspecified atom stereocenters. The highest BCUT2D eigenvalue weighted by molar-refractivity contribution is 7.17. The predicted octanol–water partition coefficient (Wildman–Crippen LogP) is 3.00. The summed E-state index contributed by atoms with van der Waals surface area (Å²) in [5, 5.41) is 6.87. The van der Waals surface area contributed by atoms with Gasteiger partial charge in [-0.15, -0.1) is 0 Å². The summed E-state index contributed by atoms with van der Waals surface area (Å²) in [6, 6.07) is 5.95. The van der Waals surface area contributed by atoms with E-state index in [2.05, 4.69) is 25.6 Å². The molecule has 0 spiro atoms. The van der Waals surface area contributed by atoms with Crippen molar-refractivity contribution in [1.82, 2.24) is 20.3 Å². The van der Waals surface area contributed by atoms with Crippen LogP contribution in [-0.4, -0.2) is 27.4 Å². The highest BCUT2D eigenvalue weighted by Gasteiger charge is 2.14. The normalized spacial score (nSPS) is 10.9. The van der Waals surface area contributed by atoms with Crippen LogP contribution in [0.4, 0.5) is 5.13 Å². The molecule has 7 heteroatoms. The summed E-state index contributed by atoms with van der Waals surface area (Å²) in [6.45, 7) is 7.05. The molecule has 6 nitrogen and oxygen atoms in total. The predicted molar refractivity (Wildman–Crippen MR) is 93.0 cm³/mol. The van der Waals surface area contributed by atoms with Crippen LogP contribution in [-0.2, 0) is 6.54 Å². The van der Waals surface area contributed by atoms with Crippen molar-refractivity contribution >= 4 is 33.4 Å². The van der Waals surface area contributed by atoms with Crippen molar-refractivity contribution in [2.75, 3.05) is 11.9 Å². The lowest BCUT2D eigenvalue weighted by atomic mass is 10.2. The molecule has 1 amide bonds. The Morgan fingerprint density at radius 1 is 1.30 bits per heavy atom. The lowest BCUT2D eigenvalue weighted by Gasteiger charge is -2.04. The van der Waals surface area contributed by atoms with Crippen molar-refractivity contribution in [1.29, 1.82) is 0 Å². The third kappa shape index (κ3) is 3.34. The molecule has 0 fully saturated rings. The molecule has 3 rings (SSSR count). The van der Waals surface area contributed by atoms with Crippen LogP contribution in [0.2, 0.25) is 0 Å². The van der Waals surface area contributed by atoms with E-state index >= 15 is 0 Å². The van der Waals surface area contributed by atoms with Crippen LogP contribution in [0.25, 0.3) is 11.0 Å². The number of nitrogens with one attached hydrogen (secondary N) is 3. The van der Waals surface area contributed by atoms with Crippen LogP contribution in [0.1, 0.15) is 33.7 Å².